The number of hydrogen-bond acceptors (Lipinski definition) is 4. The lowest BCUT2D eigenvalue weighted by Gasteiger charge is -2.25. The molecule has 4 nitrogen and oxygen atoms in total. The standard InChI is InChI=1S/C14H16BrN3OS/c15-12-6-4-11(5-7-12)13-16-18(14(20)19-13)10-17-8-2-1-3-9-17/h4-7H,1-3,8-10H2. The number of piperidine rings is 1. The van der Waals surface area contributed by atoms with Gasteiger partial charge in [0.1, 0.15) is 0 Å². The fraction of sp³-hybridized carbons (Fsp3) is 0.429. The highest BCUT2D eigenvalue weighted by atomic mass is 79.9. The van der Waals surface area contributed by atoms with Crippen LogP contribution in [0.2, 0.25) is 0 Å². The Morgan fingerprint density at radius 2 is 1.85 bits per heavy atom. The maximum Gasteiger partial charge on any atom is 0.288 e. The van der Waals surface area contributed by atoms with Gasteiger partial charge in [0.15, 0.2) is 0 Å². The van der Waals surface area contributed by atoms with Crippen molar-refractivity contribution in [3.05, 3.63) is 33.6 Å². The van der Waals surface area contributed by atoms with E-state index in [-0.39, 0.29) is 0 Å². The van der Waals surface area contributed by atoms with Crippen LogP contribution in [0.5, 0.6) is 0 Å². The highest BCUT2D eigenvalue weighted by Gasteiger charge is 2.14. The van der Waals surface area contributed by atoms with Crippen LogP contribution in [0.15, 0.2) is 33.2 Å². The summed E-state index contributed by atoms with van der Waals surface area (Å²) in [5.74, 6) is 0.583. The first-order chi connectivity index (χ1) is 9.72. The smallest absolute Gasteiger partial charge is 0.288 e. The zero-order valence-corrected chi connectivity index (χ0v) is 13.5. The molecule has 0 spiro atoms. The van der Waals surface area contributed by atoms with Crippen molar-refractivity contribution in [2.24, 2.45) is 0 Å². The average Bonchev–Trinajstić information content (AvgIpc) is 2.82. The molecular formula is C14H16BrN3OS. The molecule has 6 heteroatoms. The van der Waals surface area contributed by atoms with Gasteiger partial charge in [-0.15, -0.1) is 5.10 Å². The van der Waals surface area contributed by atoms with Crippen LogP contribution >= 0.6 is 28.1 Å². The number of rotatable bonds is 3. The SMILES string of the molecule is S=c1oc(-c2ccc(Br)cc2)nn1CN1CCCCC1. The predicted octanol–water partition coefficient (Wildman–Crippen LogP) is 4.08. The second-order valence-corrected chi connectivity index (χ2v) is 6.26. The molecule has 1 aromatic heterocycles. The third kappa shape index (κ3) is 3.19. The third-order valence-corrected chi connectivity index (χ3v) is 4.30. The second-order valence-electron chi connectivity index (χ2n) is 5.00. The van der Waals surface area contributed by atoms with Crippen molar-refractivity contribution in [3.8, 4) is 11.5 Å². The Bertz CT molecular complexity index is 629. The van der Waals surface area contributed by atoms with Gasteiger partial charge in [-0.05, 0) is 62.4 Å². The molecule has 0 amide bonds. The van der Waals surface area contributed by atoms with Crippen LogP contribution < -0.4 is 0 Å². The van der Waals surface area contributed by atoms with Crippen LogP contribution in [0.1, 0.15) is 19.3 Å². The van der Waals surface area contributed by atoms with E-state index in [4.69, 9.17) is 16.6 Å². The van der Waals surface area contributed by atoms with Crippen LogP contribution in [-0.2, 0) is 6.67 Å². The molecule has 1 aliphatic heterocycles. The molecule has 106 valence electrons. The van der Waals surface area contributed by atoms with E-state index in [2.05, 4.69) is 25.9 Å². The molecule has 2 aromatic rings. The highest BCUT2D eigenvalue weighted by Crippen LogP contribution is 2.21. The van der Waals surface area contributed by atoms with E-state index in [0.29, 0.717) is 10.7 Å². The molecule has 3 rings (SSSR count). The van der Waals surface area contributed by atoms with Gasteiger partial charge in [-0.25, -0.2) is 4.68 Å². The molecule has 0 aliphatic carbocycles. The first kappa shape index (κ1) is 14.0. The van der Waals surface area contributed by atoms with E-state index in [1.54, 1.807) is 4.68 Å². The molecule has 1 aliphatic rings. The minimum Gasteiger partial charge on any atom is -0.409 e. The van der Waals surface area contributed by atoms with E-state index in [0.717, 1.165) is 29.8 Å². The van der Waals surface area contributed by atoms with Crippen molar-refractivity contribution < 1.29 is 4.42 Å². The van der Waals surface area contributed by atoms with Crippen molar-refractivity contribution in [2.45, 2.75) is 25.9 Å². The molecule has 1 fully saturated rings. The molecule has 0 radical (unpaired) electrons. The Morgan fingerprint density at radius 1 is 1.15 bits per heavy atom. The summed E-state index contributed by atoms with van der Waals surface area (Å²) in [6, 6.07) is 7.88. The molecule has 0 atom stereocenters. The van der Waals surface area contributed by atoms with Crippen molar-refractivity contribution in [1.82, 2.24) is 14.7 Å². The van der Waals surface area contributed by atoms with Gasteiger partial charge in [-0.3, -0.25) is 4.90 Å². The number of halogens is 1. The van der Waals surface area contributed by atoms with E-state index >= 15 is 0 Å². The summed E-state index contributed by atoms with van der Waals surface area (Å²) in [6.07, 6.45) is 3.83. The largest absolute Gasteiger partial charge is 0.409 e. The van der Waals surface area contributed by atoms with Gasteiger partial charge in [0, 0.05) is 10.0 Å². The maximum absolute atomic E-state index is 5.61. The fourth-order valence-electron chi connectivity index (χ4n) is 2.40. The van der Waals surface area contributed by atoms with Gasteiger partial charge in [0.25, 0.3) is 4.84 Å². The lowest BCUT2D eigenvalue weighted by atomic mass is 10.1. The van der Waals surface area contributed by atoms with Gasteiger partial charge >= 0.3 is 0 Å². The van der Waals surface area contributed by atoms with Crippen molar-refractivity contribution in [3.63, 3.8) is 0 Å². The summed E-state index contributed by atoms with van der Waals surface area (Å²) < 4.78 is 8.42. The van der Waals surface area contributed by atoms with Crippen molar-refractivity contribution in [2.75, 3.05) is 13.1 Å². The van der Waals surface area contributed by atoms with E-state index in [1.165, 1.54) is 19.3 Å². The van der Waals surface area contributed by atoms with Gasteiger partial charge in [0.05, 0.1) is 6.67 Å². The van der Waals surface area contributed by atoms with Gasteiger partial charge in [-0.1, -0.05) is 22.4 Å². The first-order valence-corrected chi connectivity index (χ1v) is 7.99. The van der Waals surface area contributed by atoms with Gasteiger partial charge < -0.3 is 4.42 Å². The lowest BCUT2D eigenvalue weighted by molar-refractivity contribution is 0.170. The molecule has 0 unspecified atom stereocenters. The molecule has 1 aromatic carbocycles. The quantitative estimate of drug-likeness (QED) is 0.778. The number of aromatic nitrogens is 2. The van der Waals surface area contributed by atoms with Crippen LogP contribution in [0.4, 0.5) is 0 Å². The molecule has 0 N–H and O–H groups in total. The fourth-order valence-corrected chi connectivity index (χ4v) is 2.84. The molecule has 2 heterocycles. The Balaban J connectivity index is 1.79. The van der Waals surface area contributed by atoms with Gasteiger partial charge in [0.2, 0.25) is 5.89 Å². The zero-order chi connectivity index (χ0) is 13.9. The van der Waals surface area contributed by atoms with Crippen molar-refractivity contribution >= 4 is 28.1 Å². The summed E-state index contributed by atoms with van der Waals surface area (Å²) in [6.45, 7) is 2.95. The number of nitrogens with zero attached hydrogens (tertiary/aromatic N) is 3. The number of hydrogen-bond donors (Lipinski definition) is 0. The maximum atomic E-state index is 5.61. The zero-order valence-electron chi connectivity index (χ0n) is 11.1. The van der Waals surface area contributed by atoms with Crippen molar-refractivity contribution in [1.29, 1.82) is 0 Å². The lowest BCUT2D eigenvalue weighted by Crippen LogP contribution is -2.32. The normalized spacial score (nSPS) is 16.4. The Kier molecular flexibility index (Phi) is 4.33. The second kappa shape index (κ2) is 6.20. The average molecular weight is 354 g/mol. The van der Waals surface area contributed by atoms with E-state index in [9.17, 15) is 0 Å². The van der Waals surface area contributed by atoms with Crippen LogP contribution in [0.25, 0.3) is 11.5 Å². The summed E-state index contributed by atoms with van der Waals surface area (Å²) in [4.78, 5) is 2.81. The molecule has 20 heavy (non-hydrogen) atoms. The minimum atomic E-state index is 0.438. The number of likely N-dealkylation sites (tertiary alicyclic amines) is 1. The Morgan fingerprint density at radius 3 is 2.55 bits per heavy atom. The molecule has 0 saturated carbocycles. The third-order valence-electron chi connectivity index (χ3n) is 3.48. The predicted molar refractivity (Wildman–Crippen MR) is 83.9 cm³/mol. The van der Waals surface area contributed by atoms with Crippen LogP contribution in [-0.4, -0.2) is 27.8 Å². The summed E-state index contributed by atoms with van der Waals surface area (Å²) in [7, 11) is 0. The van der Waals surface area contributed by atoms with Crippen LogP contribution in [0.3, 0.4) is 0 Å². The minimum absolute atomic E-state index is 0.438. The van der Waals surface area contributed by atoms with Gasteiger partial charge in [-0.2, -0.15) is 0 Å². The van der Waals surface area contributed by atoms with E-state index in [1.807, 2.05) is 24.3 Å². The summed E-state index contributed by atoms with van der Waals surface area (Å²) >= 11 is 8.68. The molecule has 0 bridgehead atoms. The summed E-state index contributed by atoms with van der Waals surface area (Å²) in [5.41, 5.74) is 0.941. The number of benzene rings is 1. The molecular weight excluding hydrogens is 338 g/mol. The first-order valence-electron chi connectivity index (χ1n) is 6.78. The van der Waals surface area contributed by atoms with E-state index < -0.39 is 0 Å². The van der Waals surface area contributed by atoms with Crippen LogP contribution in [0, 0.1) is 4.84 Å². The highest BCUT2D eigenvalue weighted by molar-refractivity contribution is 9.10. The topological polar surface area (TPSA) is 34.2 Å². The molecule has 1 saturated heterocycles. The Labute approximate surface area is 131 Å². The summed E-state index contributed by atoms with van der Waals surface area (Å²) in [5, 5.41) is 4.49. The Hall–Kier alpha value is -0.980. The monoisotopic (exact) mass is 353 g/mol.